The van der Waals surface area contributed by atoms with Crippen LogP contribution in [0.25, 0.3) is 0 Å². The molecule has 0 saturated carbocycles. The van der Waals surface area contributed by atoms with Crippen LogP contribution in [0, 0.1) is 11.3 Å². The molecule has 0 aliphatic rings. The highest BCUT2D eigenvalue weighted by atomic mass is 79.9. The van der Waals surface area contributed by atoms with E-state index in [2.05, 4.69) is 15.9 Å². The number of hydrogen-bond donors (Lipinski definition) is 0. The molecular formula is C12H10BrF2NO2. The molecule has 0 aliphatic heterocycles. The zero-order valence-electron chi connectivity index (χ0n) is 9.54. The summed E-state index contributed by atoms with van der Waals surface area (Å²) in [6.45, 7) is 1.85. The molecule has 1 aromatic carbocycles. The van der Waals surface area contributed by atoms with Gasteiger partial charge in [-0.3, -0.25) is 4.79 Å². The minimum Gasteiger partial charge on any atom is -0.466 e. The third kappa shape index (κ3) is 3.26. The predicted octanol–water partition coefficient (Wildman–Crippen LogP) is 3.36. The van der Waals surface area contributed by atoms with Gasteiger partial charge in [-0.2, -0.15) is 5.26 Å². The zero-order chi connectivity index (χ0) is 13.7. The van der Waals surface area contributed by atoms with Crippen LogP contribution in [0.2, 0.25) is 0 Å². The maximum Gasteiger partial charge on any atom is 0.310 e. The van der Waals surface area contributed by atoms with Crippen LogP contribution in [-0.2, 0) is 16.0 Å². The zero-order valence-corrected chi connectivity index (χ0v) is 11.1. The second kappa shape index (κ2) is 6.45. The smallest absolute Gasteiger partial charge is 0.310 e. The summed E-state index contributed by atoms with van der Waals surface area (Å²) in [6.07, 6.45) is -2.88. The van der Waals surface area contributed by atoms with Gasteiger partial charge in [-0.25, -0.2) is 8.78 Å². The van der Waals surface area contributed by atoms with Gasteiger partial charge in [0, 0.05) is 10.0 Å². The average molecular weight is 318 g/mol. The molecule has 0 bridgehead atoms. The van der Waals surface area contributed by atoms with Gasteiger partial charge in [0.1, 0.15) is 0 Å². The molecule has 0 atom stereocenters. The normalized spacial score (nSPS) is 10.2. The fourth-order valence-electron chi connectivity index (χ4n) is 1.44. The number of ether oxygens (including phenoxy) is 1. The Morgan fingerprint density at radius 2 is 2.22 bits per heavy atom. The summed E-state index contributed by atoms with van der Waals surface area (Å²) in [6, 6.07) is 4.31. The molecule has 0 N–H and O–H groups in total. The number of esters is 1. The lowest BCUT2D eigenvalue weighted by atomic mass is 10.0. The van der Waals surface area contributed by atoms with Gasteiger partial charge in [0.25, 0.3) is 6.43 Å². The molecule has 0 spiro atoms. The van der Waals surface area contributed by atoms with E-state index < -0.39 is 12.4 Å². The molecule has 6 heteroatoms. The Hall–Kier alpha value is -1.48. The molecule has 0 aliphatic carbocycles. The molecule has 0 saturated heterocycles. The minimum absolute atomic E-state index is 0.0876. The Labute approximate surface area is 111 Å². The summed E-state index contributed by atoms with van der Waals surface area (Å²) in [4.78, 5) is 11.4. The molecule has 1 rings (SSSR count). The number of nitriles is 1. The monoisotopic (exact) mass is 317 g/mol. The summed E-state index contributed by atoms with van der Waals surface area (Å²) in [5, 5.41) is 8.90. The maximum absolute atomic E-state index is 12.7. The highest BCUT2D eigenvalue weighted by molar-refractivity contribution is 9.10. The van der Waals surface area contributed by atoms with Crippen molar-refractivity contribution >= 4 is 21.9 Å². The third-order valence-electron chi connectivity index (χ3n) is 2.26. The number of halogens is 3. The van der Waals surface area contributed by atoms with Crippen LogP contribution in [0.3, 0.4) is 0 Å². The first-order valence-corrected chi connectivity index (χ1v) is 5.95. The van der Waals surface area contributed by atoms with Crippen molar-refractivity contribution in [2.75, 3.05) is 6.61 Å². The van der Waals surface area contributed by atoms with E-state index in [-0.39, 0.29) is 34.2 Å². The topological polar surface area (TPSA) is 50.1 Å². The molecule has 0 radical (unpaired) electrons. The maximum atomic E-state index is 12.7. The van der Waals surface area contributed by atoms with Crippen molar-refractivity contribution in [2.24, 2.45) is 0 Å². The molecular weight excluding hydrogens is 308 g/mol. The summed E-state index contributed by atoms with van der Waals surface area (Å²) >= 11 is 3.01. The number of alkyl halides is 2. The van der Waals surface area contributed by atoms with E-state index in [0.717, 1.165) is 0 Å². The minimum atomic E-state index is -2.67. The van der Waals surface area contributed by atoms with E-state index in [1.165, 1.54) is 12.1 Å². The van der Waals surface area contributed by atoms with E-state index in [1.807, 2.05) is 6.07 Å². The average Bonchev–Trinajstić information content (AvgIpc) is 2.31. The predicted molar refractivity (Wildman–Crippen MR) is 64.2 cm³/mol. The second-order valence-electron chi connectivity index (χ2n) is 3.39. The van der Waals surface area contributed by atoms with Gasteiger partial charge in [-0.05, 0) is 34.5 Å². The van der Waals surface area contributed by atoms with E-state index in [0.29, 0.717) is 0 Å². The molecule has 0 fully saturated rings. The van der Waals surface area contributed by atoms with Crippen molar-refractivity contribution < 1.29 is 18.3 Å². The van der Waals surface area contributed by atoms with E-state index in [4.69, 9.17) is 10.00 Å². The molecule has 0 heterocycles. The van der Waals surface area contributed by atoms with Crippen molar-refractivity contribution in [2.45, 2.75) is 19.8 Å². The van der Waals surface area contributed by atoms with Gasteiger partial charge >= 0.3 is 5.97 Å². The first-order valence-electron chi connectivity index (χ1n) is 5.16. The van der Waals surface area contributed by atoms with Crippen molar-refractivity contribution in [1.29, 1.82) is 5.26 Å². The highest BCUT2D eigenvalue weighted by Gasteiger charge is 2.19. The van der Waals surface area contributed by atoms with Crippen LogP contribution >= 0.6 is 15.9 Å². The van der Waals surface area contributed by atoms with Crippen molar-refractivity contribution in [3.63, 3.8) is 0 Å². The Bertz CT molecular complexity index is 498. The van der Waals surface area contributed by atoms with Crippen LogP contribution in [0.5, 0.6) is 0 Å². The lowest BCUT2D eigenvalue weighted by Gasteiger charge is -2.10. The number of carbonyl (C=O) groups excluding carboxylic acids is 1. The van der Waals surface area contributed by atoms with Crippen LogP contribution in [0.15, 0.2) is 16.6 Å². The van der Waals surface area contributed by atoms with E-state index >= 15 is 0 Å². The summed E-state index contributed by atoms with van der Waals surface area (Å²) < 4.78 is 30.2. The highest BCUT2D eigenvalue weighted by Crippen LogP contribution is 2.32. The number of benzene rings is 1. The first-order chi connectivity index (χ1) is 8.51. The van der Waals surface area contributed by atoms with Gasteiger partial charge in [0.15, 0.2) is 0 Å². The Kier molecular flexibility index (Phi) is 5.23. The standard InChI is InChI=1S/C12H10BrF2NO2/c1-2-18-10(17)5-9-7(6-16)3-4-8(11(9)13)12(14)15/h3-4,12H,2,5H2,1H3. The molecule has 0 aromatic heterocycles. The van der Waals surface area contributed by atoms with Gasteiger partial charge in [-0.1, -0.05) is 6.07 Å². The Balaban J connectivity index is 3.18. The molecule has 1 aromatic rings. The summed E-state index contributed by atoms with van der Waals surface area (Å²) in [5.74, 6) is -0.555. The Morgan fingerprint density at radius 1 is 1.56 bits per heavy atom. The number of rotatable bonds is 4. The molecule has 0 unspecified atom stereocenters. The quantitative estimate of drug-likeness (QED) is 0.800. The molecule has 18 heavy (non-hydrogen) atoms. The van der Waals surface area contributed by atoms with Crippen LogP contribution in [-0.4, -0.2) is 12.6 Å². The van der Waals surface area contributed by atoms with Gasteiger partial charge < -0.3 is 4.74 Å². The van der Waals surface area contributed by atoms with Gasteiger partial charge in [0.05, 0.1) is 24.7 Å². The van der Waals surface area contributed by atoms with Crippen molar-refractivity contribution in [3.05, 3.63) is 33.3 Å². The largest absolute Gasteiger partial charge is 0.466 e. The van der Waals surface area contributed by atoms with Crippen LogP contribution in [0.1, 0.15) is 30.0 Å². The second-order valence-corrected chi connectivity index (χ2v) is 4.18. The number of hydrogen-bond acceptors (Lipinski definition) is 3. The lowest BCUT2D eigenvalue weighted by molar-refractivity contribution is -0.142. The fourth-order valence-corrected chi connectivity index (χ4v) is 2.10. The van der Waals surface area contributed by atoms with Crippen molar-refractivity contribution in [1.82, 2.24) is 0 Å². The van der Waals surface area contributed by atoms with Gasteiger partial charge in [0.2, 0.25) is 0 Å². The number of nitrogens with zero attached hydrogens (tertiary/aromatic N) is 1. The summed E-state index contributed by atoms with van der Waals surface area (Å²) in [7, 11) is 0. The lowest BCUT2D eigenvalue weighted by Crippen LogP contribution is -2.10. The van der Waals surface area contributed by atoms with Crippen molar-refractivity contribution in [3.8, 4) is 6.07 Å². The molecule has 3 nitrogen and oxygen atoms in total. The third-order valence-corrected chi connectivity index (χ3v) is 3.19. The van der Waals surface area contributed by atoms with E-state index in [9.17, 15) is 13.6 Å². The van der Waals surface area contributed by atoms with Gasteiger partial charge in [-0.15, -0.1) is 0 Å². The number of carbonyl (C=O) groups is 1. The van der Waals surface area contributed by atoms with Crippen LogP contribution in [0.4, 0.5) is 8.78 Å². The summed E-state index contributed by atoms with van der Waals surface area (Å²) in [5.41, 5.74) is 0.168. The van der Waals surface area contributed by atoms with Crippen LogP contribution < -0.4 is 0 Å². The Morgan fingerprint density at radius 3 is 2.72 bits per heavy atom. The van der Waals surface area contributed by atoms with E-state index in [1.54, 1.807) is 6.92 Å². The fraction of sp³-hybridized carbons (Fsp3) is 0.333. The SMILES string of the molecule is CCOC(=O)Cc1c(C#N)ccc(C(F)F)c1Br. The molecule has 96 valence electrons. The molecule has 0 amide bonds. The first kappa shape index (κ1) is 14.6.